The molecule has 0 spiro atoms. The second-order valence-electron chi connectivity index (χ2n) is 8.12. The fourth-order valence-corrected chi connectivity index (χ4v) is 3.62. The molecule has 0 saturated heterocycles. The Kier molecular flexibility index (Phi) is 5.96. The van der Waals surface area contributed by atoms with Gasteiger partial charge in [-0.1, -0.05) is 36.1 Å². The summed E-state index contributed by atoms with van der Waals surface area (Å²) in [5.41, 5.74) is 13.6. The molecule has 0 bridgehead atoms. The van der Waals surface area contributed by atoms with Gasteiger partial charge in [-0.15, -0.1) is 0 Å². The van der Waals surface area contributed by atoms with Crippen molar-refractivity contribution >= 4 is 22.1 Å². The Bertz CT molecular complexity index is 1640. The first-order chi connectivity index (χ1) is 17.4. The molecule has 6 nitrogen and oxygen atoms in total. The SMILES string of the molecule is Nc1cc(Oc2ccc3cc(Oc4ccc(O)c(N)c4)c(C#Cc4ccccc4)cc3c2)ccc1O. The summed E-state index contributed by atoms with van der Waals surface area (Å²) >= 11 is 0. The third kappa shape index (κ3) is 4.96. The second kappa shape index (κ2) is 9.53. The fourth-order valence-electron chi connectivity index (χ4n) is 3.62. The highest BCUT2D eigenvalue weighted by molar-refractivity contribution is 5.87. The van der Waals surface area contributed by atoms with Crippen molar-refractivity contribution in [1.82, 2.24) is 0 Å². The molecule has 0 fully saturated rings. The van der Waals surface area contributed by atoms with Crippen LogP contribution in [0.1, 0.15) is 11.1 Å². The summed E-state index contributed by atoms with van der Waals surface area (Å²) in [6.07, 6.45) is 0. The number of nitrogen functional groups attached to an aromatic ring is 2. The average Bonchev–Trinajstić information content (AvgIpc) is 2.88. The van der Waals surface area contributed by atoms with Crippen molar-refractivity contribution in [3.63, 3.8) is 0 Å². The zero-order valence-corrected chi connectivity index (χ0v) is 19.1. The standard InChI is InChI=1S/C30H22N2O4/c31-26-17-24(10-12-28(26)33)35-23-9-8-20-16-30(36-25-11-13-29(34)27(32)18-25)21(14-22(20)15-23)7-6-19-4-2-1-3-5-19/h1-5,8-18,33-34H,31-32H2. The van der Waals surface area contributed by atoms with Crippen molar-refractivity contribution in [1.29, 1.82) is 0 Å². The van der Waals surface area contributed by atoms with E-state index in [0.717, 1.165) is 16.3 Å². The van der Waals surface area contributed by atoms with Crippen molar-refractivity contribution in [3.8, 4) is 46.3 Å². The third-order valence-corrected chi connectivity index (χ3v) is 5.49. The number of hydrogen-bond donors (Lipinski definition) is 4. The molecule has 0 heterocycles. The predicted octanol–water partition coefficient (Wildman–Crippen LogP) is 6.40. The van der Waals surface area contributed by atoms with E-state index in [1.807, 2.05) is 60.7 Å². The van der Waals surface area contributed by atoms with Crippen LogP contribution in [0.3, 0.4) is 0 Å². The predicted molar refractivity (Wildman–Crippen MR) is 142 cm³/mol. The van der Waals surface area contributed by atoms with Gasteiger partial charge in [-0.2, -0.15) is 0 Å². The van der Waals surface area contributed by atoms with Gasteiger partial charge in [0, 0.05) is 17.7 Å². The Morgan fingerprint density at radius 2 is 1.17 bits per heavy atom. The van der Waals surface area contributed by atoms with E-state index in [1.165, 1.54) is 12.1 Å². The number of fused-ring (bicyclic) bond motifs is 1. The number of benzene rings is 5. The van der Waals surface area contributed by atoms with Crippen molar-refractivity contribution in [2.24, 2.45) is 0 Å². The number of phenolic OH excluding ortho intramolecular Hbond substituents is 2. The minimum Gasteiger partial charge on any atom is -0.506 e. The minimum absolute atomic E-state index is 0.00501. The van der Waals surface area contributed by atoms with Gasteiger partial charge in [-0.3, -0.25) is 0 Å². The van der Waals surface area contributed by atoms with Gasteiger partial charge in [0.2, 0.25) is 0 Å². The maximum Gasteiger partial charge on any atom is 0.143 e. The van der Waals surface area contributed by atoms with Gasteiger partial charge in [0.15, 0.2) is 0 Å². The molecule has 0 unspecified atom stereocenters. The van der Waals surface area contributed by atoms with Gasteiger partial charge in [-0.25, -0.2) is 0 Å². The Hall–Kier alpha value is -5.28. The Labute approximate surface area is 208 Å². The molecule has 0 amide bonds. The maximum atomic E-state index is 9.74. The van der Waals surface area contributed by atoms with Crippen LogP contribution >= 0.6 is 0 Å². The number of anilines is 2. The number of nitrogens with two attached hydrogens (primary N) is 2. The summed E-state index contributed by atoms with van der Waals surface area (Å²) in [5.74, 6) is 8.54. The highest BCUT2D eigenvalue weighted by Gasteiger charge is 2.10. The number of ether oxygens (including phenoxy) is 2. The van der Waals surface area contributed by atoms with Gasteiger partial charge in [0.25, 0.3) is 0 Å². The molecule has 0 radical (unpaired) electrons. The third-order valence-electron chi connectivity index (χ3n) is 5.49. The molecule has 0 saturated carbocycles. The monoisotopic (exact) mass is 474 g/mol. The van der Waals surface area contributed by atoms with Crippen LogP contribution in [0.2, 0.25) is 0 Å². The summed E-state index contributed by atoms with van der Waals surface area (Å²) in [6, 6.07) is 28.5. The smallest absolute Gasteiger partial charge is 0.143 e. The largest absolute Gasteiger partial charge is 0.506 e. The van der Waals surface area contributed by atoms with Crippen molar-refractivity contribution in [3.05, 3.63) is 108 Å². The molecule has 0 aliphatic carbocycles. The zero-order chi connectivity index (χ0) is 25.1. The second-order valence-corrected chi connectivity index (χ2v) is 8.12. The Balaban J connectivity index is 1.55. The molecule has 0 aliphatic rings. The molecule has 176 valence electrons. The molecule has 36 heavy (non-hydrogen) atoms. The first kappa shape index (κ1) is 22.5. The molecular formula is C30H22N2O4. The van der Waals surface area contributed by atoms with Gasteiger partial charge in [0.1, 0.15) is 34.5 Å². The topological polar surface area (TPSA) is 111 Å². The van der Waals surface area contributed by atoms with Crippen LogP contribution in [0.15, 0.2) is 97.1 Å². The highest BCUT2D eigenvalue weighted by atomic mass is 16.5. The van der Waals surface area contributed by atoms with Crippen molar-refractivity contribution in [2.75, 3.05) is 11.5 Å². The maximum absolute atomic E-state index is 9.74. The van der Waals surface area contributed by atoms with Crippen molar-refractivity contribution in [2.45, 2.75) is 0 Å². The summed E-state index contributed by atoms with van der Waals surface area (Å²) in [4.78, 5) is 0. The zero-order valence-electron chi connectivity index (χ0n) is 19.1. The van der Waals surface area contributed by atoms with E-state index in [9.17, 15) is 10.2 Å². The van der Waals surface area contributed by atoms with Crippen LogP contribution in [0, 0.1) is 11.8 Å². The van der Waals surface area contributed by atoms with Gasteiger partial charge >= 0.3 is 0 Å². The fraction of sp³-hybridized carbons (Fsp3) is 0. The molecule has 6 N–H and O–H groups in total. The minimum atomic E-state index is -0.00660. The lowest BCUT2D eigenvalue weighted by molar-refractivity contribution is 0.466. The average molecular weight is 475 g/mol. The van der Waals surface area contributed by atoms with Crippen LogP contribution in [0.25, 0.3) is 10.8 Å². The van der Waals surface area contributed by atoms with Crippen LogP contribution in [-0.4, -0.2) is 10.2 Å². The molecule has 6 heteroatoms. The van der Waals surface area contributed by atoms with Crippen LogP contribution in [0.4, 0.5) is 11.4 Å². The van der Waals surface area contributed by atoms with Crippen molar-refractivity contribution < 1.29 is 19.7 Å². The molecule has 0 atom stereocenters. The molecule has 5 aromatic rings. The molecule has 5 aromatic carbocycles. The molecule has 0 aromatic heterocycles. The lowest BCUT2D eigenvalue weighted by Crippen LogP contribution is -1.92. The Morgan fingerprint density at radius 3 is 1.83 bits per heavy atom. The molecule has 5 rings (SSSR count). The lowest BCUT2D eigenvalue weighted by Gasteiger charge is -2.12. The summed E-state index contributed by atoms with van der Waals surface area (Å²) < 4.78 is 12.1. The number of phenols is 2. The van der Waals surface area contributed by atoms with Crippen LogP contribution < -0.4 is 20.9 Å². The number of rotatable bonds is 4. The van der Waals surface area contributed by atoms with Crippen LogP contribution in [0.5, 0.6) is 34.5 Å². The van der Waals surface area contributed by atoms with E-state index < -0.39 is 0 Å². The first-order valence-electron chi connectivity index (χ1n) is 11.1. The van der Waals surface area contributed by atoms with E-state index in [2.05, 4.69) is 11.8 Å². The van der Waals surface area contributed by atoms with E-state index in [0.29, 0.717) is 28.6 Å². The summed E-state index contributed by atoms with van der Waals surface area (Å²) in [5, 5.41) is 21.2. The summed E-state index contributed by atoms with van der Waals surface area (Å²) in [7, 11) is 0. The van der Waals surface area contributed by atoms with Crippen LogP contribution in [-0.2, 0) is 0 Å². The first-order valence-corrected chi connectivity index (χ1v) is 11.1. The lowest BCUT2D eigenvalue weighted by atomic mass is 10.0. The van der Waals surface area contributed by atoms with E-state index >= 15 is 0 Å². The van der Waals surface area contributed by atoms with Gasteiger partial charge in [-0.05, 0) is 71.4 Å². The number of hydrogen-bond acceptors (Lipinski definition) is 6. The van der Waals surface area contributed by atoms with Gasteiger partial charge < -0.3 is 31.2 Å². The summed E-state index contributed by atoms with van der Waals surface area (Å²) in [6.45, 7) is 0. The molecule has 0 aliphatic heterocycles. The van der Waals surface area contributed by atoms with E-state index in [-0.39, 0.29) is 22.9 Å². The van der Waals surface area contributed by atoms with Gasteiger partial charge in [0.05, 0.1) is 16.9 Å². The normalized spacial score (nSPS) is 10.4. The molecular weight excluding hydrogens is 452 g/mol. The van der Waals surface area contributed by atoms with E-state index in [1.54, 1.807) is 24.3 Å². The van der Waals surface area contributed by atoms with E-state index in [4.69, 9.17) is 20.9 Å². The number of aromatic hydroxyl groups is 2. The Morgan fingerprint density at radius 1 is 0.556 bits per heavy atom. The highest BCUT2D eigenvalue weighted by Crippen LogP contribution is 2.35. The quantitative estimate of drug-likeness (QED) is 0.136.